The smallest absolute Gasteiger partial charge is 0.317 e. The van der Waals surface area contributed by atoms with Gasteiger partial charge in [-0.25, -0.2) is 4.79 Å². The molecule has 120 valence electrons. The highest BCUT2D eigenvalue weighted by Crippen LogP contribution is 2.25. The fourth-order valence-corrected chi connectivity index (χ4v) is 3.54. The van der Waals surface area contributed by atoms with Crippen molar-refractivity contribution in [3.05, 3.63) is 0 Å². The van der Waals surface area contributed by atoms with E-state index < -0.39 is 5.97 Å². The Hall–Kier alpha value is -1.30. The first-order valence-corrected chi connectivity index (χ1v) is 7.83. The molecule has 2 N–H and O–H groups in total. The van der Waals surface area contributed by atoms with Crippen molar-refractivity contribution in [2.45, 2.75) is 44.7 Å². The van der Waals surface area contributed by atoms with Crippen LogP contribution in [-0.4, -0.2) is 66.2 Å². The number of rotatable bonds is 3. The average Bonchev–Trinajstić information content (AvgIpc) is 2.81. The third-order valence-electron chi connectivity index (χ3n) is 4.93. The number of carboxylic acid groups (broad SMARTS) is 1. The van der Waals surface area contributed by atoms with Gasteiger partial charge in [0.25, 0.3) is 0 Å². The van der Waals surface area contributed by atoms with Gasteiger partial charge >= 0.3 is 12.0 Å². The number of likely N-dealkylation sites (tertiary alicyclic amines) is 1. The first kappa shape index (κ1) is 16.1. The van der Waals surface area contributed by atoms with E-state index >= 15 is 0 Å². The van der Waals surface area contributed by atoms with Gasteiger partial charge < -0.3 is 20.2 Å². The Morgan fingerprint density at radius 3 is 2.24 bits per heavy atom. The van der Waals surface area contributed by atoms with Crippen LogP contribution in [0, 0.1) is 11.8 Å². The summed E-state index contributed by atoms with van der Waals surface area (Å²) in [7, 11) is 4.10. The van der Waals surface area contributed by atoms with Crippen LogP contribution in [0.3, 0.4) is 0 Å². The molecule has 1 saturated heterocycles. The Balaban J connectivity index is 1.79. The summed E-state index contributed by atoms with van der Waals surface area (Å²) in [6.07, 6.45) is 2.86. The second-order valence-corrected chi connectivity index (χ2v) is 6.75. The van der Waals surface area contributed by atoms with Gasteiger partial charge in [-0.15, -0.1) is 0 Å². The predicted octanol–water partition coefficient (Wildman–Crippen LogP) is 1.22. The van der Waals surface area contributed by atoms with Crippen molar-refractivity contribution in [1.29, 1.82) is 0 Å². The topological polar surface area (TPSA) is 72.9 Å². The summed E-state index contributed by atoms with van der Waals surface area (Å²) in [5, 5.41) is 12.1. The number of carbonyl (C=O) groups is 2. The van der Waals surface area contributed by atoms with Crippen molar-refractivity contribution in [3.63, 3.8) is 0 Å². The molecule has 2 rings (SSSR count). The summed E-state index contributed by atoms with van der Waals surface area (Å²) in [6.45, 7) is 3.74. The van der Waals surface area contributed by atoms with Crippen LogP contribution in [0.15, 0.2) is 0 Å². The van der Waals surface area contributed by atoms with E-state index in [1.54, 1.807) is 0 Å². The Labute approximate surface area is 126 Å². The maximum atomic E-state index is 12.3. The van der Waals surface area contributed by atoms with Crippen LogP contribution in [-0.2, 0) is 4.79 Å². The lowest BCUT2D eigenvalue weighted by Gasteiger charge is -2.29. The quantitative estimate of drug-likeness (QED) is 0.821. The molecule has 0 bridgehead atoms. The SMILES string of the molecule is CC1CN(C(=O)NC2CCC(C(=O)O)CC2)CC1N(C)C. The maximum Gasteiger partial charge on any atom is 0.317 e. The minimum atomic E-state index is -0.707. The van der Waals surface area contributed by atoms with Gasteiger partial charge in [-0.05, 0) is 45.7 Å². The zero-order valence-electron chi connectivity index (χ0n) is 13.2. The van der Waals surface area contributed by atoms with Crippen LogP contribution in [0.25, 0.3) is 0 Å². The van der Waals surface area contributed by atoms with E-state index in [4.69, 9.17) is 5.11 Å². The number of urea groups is 1. The van der Waals surface area contributed by atoms with Gasteiger partial charge in [-0.1, -0.05) is 6.92 Å². The number of likely N-dealkylation sites (N-methyl/N-ethyl adjacent to an activating group) is 1. The maximum absolute atomic E-state index is 12.3. The summed E-state index contributed by atoms with van der Waals surface area (Å²) in [5.41, 5.74) is 0. The number of nitrogens with zero attached hydrogens (tertiary/aromatic N) is 2. The van der Waals surface area contributed by atoms with Crippen LogP contribution in [0.2, 0.25) is 0 Å². The molecular weight excluding hydrogens is 270 g/mol. The second kappa shape index (κ2) is 6.64. The number of carboxylic acids is 1. The molecule has 6 nitrogen and oxygen atoms in total. The number of hydrogen-bond donors (Lipinski definition) is 2. The summed E-state index contributed by atoms with van der Waals surface area (Å²) in [5.74, 6) is -0.460. The number of carbonyl (C=O) groups excluding carboxylic acids is 1. The number of amides is 2. The standard InChI is InChI=1S/C15H27N3O3/c1-10-8-18(9-13(10)17(2)3)15(21)16-12-6-4-11(5-7-12)14(19)20/h10-13H,4-9H2,1-3H3,(H,16,21)(H,19,20). The molecule has 2 unspecified atom stereocenters. The molecule has 1 saturated carbocycles. The van der Waals surface area contributed by atoms with E-state index in [2.05, 4.69) is 31.2 Å². The monoisotopic (exact) mass is 297 g/mol. The van der Waals surface area contributed by atoms with E-state index in [0.29, 0.717) is 24.8 Å². The molecule has 0 aromatic carbocycles. The Kier molecular flexibility index (Phi) is 5.08. The molecule has 2 amide bonds. The van der Waals surface area contributed by atoms with Gasteiger partial charge in [0.05, 0.1) is 5.92 Å². The first-order valence-electron chi connectivity index (χ1n) is 7.83. The van der Waals surface area contributed by atoms with Crippen molar-refractivity contribution in [2.24, 2.45) is 11.8 Å². The molecule has 2 atom stereocenters. The molecule has 0 radical (unpaired) electrons. The number of hydrogen-bond acceptors (Lipinski definition) is 3. The summed E-state index contributed by atoms with van der Waals surface area (Å²) >= 11 is 0. The van der Waals surface area contributed by atoms with Gasteiger partial charge in [0.15, 0.2) is 0 Å². The van der Waals surface area contributed by atoms with Crippen molar-refractivity contribution < 1.29 is 14.7 Å². The van der Waals surface area contributed by atoms with E-state index in [9.17, 15) is 9.59 Å². The van der Waals surface area contributed by atoms with Crippen LogP contribution in [0.4, 0.5) is 4.79 Å². The van der Waals surface area contributed by atoms with Gasteiger partial charge in [-0.2, -0.15) is 0 Å². The molecule has 0 aromatic heterocycles. The molecule has 6 heteroatoms. The molecule has 2 aliphatic rings. The van der Waals surface area contributed by atoms with Crippen LogP contribution in [0.5, 0.6) is 0 Å². The molecule has 1 aliphatic carbocycles. The summed E-state index contributed by atoms with van der Waals surface area (Å²) in [6, 6.07) is 0.547. The van der Waals surface area contributed by atoms with Crippen LogP contribution in [0.1, 0.15) is 32.6 Å². The third-order valence-corrected chi connectivity index (χ3v) is 4.93. The normalized spacial score (nSPS) is 33.2. The Morgan fingerprint density at radius 1 is 1.14 bits per heavy atom. The van der Waals surface area contributed by atoms with Gasteiger partial charge in [0.2, 0.25) is 0 Å². The van der Waals surface area contributed by atoms with E-state index in [-0.39, 0.29) is 18.0 Å². The van der Waals surface area contributed by atoms with Crippen molar-refractivity contribution >= 4 is 12.0 Å². The molecule has 1 aliphatic heterocycles. The zero-order chi connectivity index (χ0) is 15.6. The van der Waals surface area contributed by atoms with E-state index in [1.165, 1.54) is 0 Å². The lowest BCUT2D eigenvalue weighted by atomic mass is 9.86. The molecule has 1 heterocycles. The second-order valence-electron chi connectivity index (χ2n) is 6.75. The van der Waals surface area contributed by atoms with Crippen molar-refractivity contribution in [3.8, 4) is 0 Å². The summed E-state index contributed by atoms with van der Waals surface area (Å²) in [4.78, 5) is 27.3. The molecule has 21 heavy (non-hydrogen) atoms. The third kappa shape index (κ3) is 3.87. The Morgan fingerprint density at radius 2 is 1.76 bits per heavy atom. The minimum Gasteiger partial charge on any atom is -0.481 e. The van der Waals surface area contributed by atoms with Gasteiger partial charge in [0, 0.05) is 25.2 Å². The van der Waals surface area contributed by atoms with Crippen molar-refractivity contribution in [1.82, 2.24) is 15.1 Å². The predicted molar refractivity (Wildman–Crippen MR) is 80.1 cm³/mol. The lowest BCUT2D eigenvalue weighted by Crippen LogP contribution is -2.46. The fourth-order valence-electron chi connectivity index (χ4n) is 3.54. The van der Waals surface area contributed by atoms with E-state index in [1.807, 2.05) is 4.90 Å². The van der Waals surface area contributed by atoms with Crippen LogP contribution >= 0.6 is 0 Å². The fraction of sp³-hybridized carbons (Fsp3) is 0.867. The molecule has 0 spiro atoms. The van der Waals surface area contributed by atoms with E-state index in [0.717, 1.165) is 25.9 Å². The number of nitrogens with one attached hydrogen (secondary N) is 1. The Bertz CT molecular complexity index is 392. The largest absolute Gasteiger partial charge is 0.481 e. The highest BCUT2D eigenvalue weighted by molar-refractivity contribution is 5.75. The van der Waals surface area contributed by atoms with Gasteiger partial charge in [0.1, 0.15) is 0 Å². The highest BCUT2D eigenvalue weighted by Gasteiger charge is 2.35. The molecular formula is C15H27N3O3. The van der Waals surface area contributed by atoms with Crippen molar-refractivity contribution in [2.75, 3.05) is 27.2 Å². The summed E-state index contributed by atoms with van der Waals surface area (Å²) < 4.78 is 0. The number of aliphatic carboxylic acids is 1. The van der Waals surface area contributed by atoms with Gasteiger partial charge in [-0.3, -0.25) is 4.79 Å². The van der Waals surface area contributed by atoms with Crippen LogP contribution < -0.4 is 5.32 Å². The average molecular weight is 297 g/mol. The highest BCUT2D eigenvalue weighted by atomic mass is 16.4. The first-order chi connectivity index (χ1) is 9.88. The lowest BCUT2D eigenvalue weighted by molar-refractivity contribution is -0.142. The zero-order valence-corrected chi connectivity index (χ0v) is 13.2. The molecule has 2 fully saturated rings. The minimum absolute atomic E-state index is 0.00461. The molecule has 0 aromatic rings.